The average Bonchev–Trinajstić information content (AvgIpc) is 2.75. The Balaban J connectivity index is 1.93. The molecule has 0 aliphatic heterocycles. The molecular formula is C12H21N3. The Hall–Kier alpha value is -1.12. The van der Waals surface area contributed by atoms with Crippen LogP contribution in [0.3, 0.4) is 0 Å². The zero-order valence-corrected chi connectivity index (χ0v) is 9.60. The Morgan fingerprint density at radius 1 is 1.33 bits per heavy atom. The smallest absolute Gasteiger partial charge is 0.0946 e. The molecule has 0 saturated heterocycles. The molecule has 0 radical (unpaired) electrons. The van der Waals surface area contributed by atoms with Crippen molar-refractivity contribution in [2.75, 3.05) is 6.54 Å². The Labute approximate surface area is 92.2 Å². The van der Waals surface area contributed by atoms with Crippen molar-refractivity contribution in [1.82, 2.24) is 9.55 Å². The molecule has 84 valence electrons. The standard InChI is InChI=1S/C12H21N3/c1-2-3-4-5-7-13-8-6-10-15-11-9-14-12-15/h8-9,11-12H,2-7,10H2,1H3. The number of unbranched alkanes of at least 4 members (excludes halogenated alkanes) is 3. The monoisotopic (exact) mass is 207 g/mol. The van der Waals surface area contributed by atoms with Gasteiger partial charge in [0, 0.05) is 38.1 Å². The van der Waals surface area contributed by atoms with E-state index in [9.17, 15) is 0 Å². The number of hydrogen-bond acceptors (Lipinski definition) is 2. The molecule has 1 rings (SSSR count). The Kier molecular flexibility index (Phi) is 6.54. The van der Waals surface area contributed by atoms with Crippen LogP contribution in [0.15, 0.2) is 23.7 Å². The van der Waals surface area contributed by atoms with Gasteiger partial charge in [-0.3, -0.25) is 4.99 Å². The highest BCUT2D eigenvalue weighted by atomic mass is 15.0. The summed E-state index contributed by atoms with van der Waals surface area (Å²) in [5.74, 6) is 0. The first kappa shape index (κ1) is 12.0. The van der Waals surface area contributed by atoms with Gasteiger partial charge in [0.2, 0.25) is 0 Å². The van der Waals surface area contributed by atoms with Crippen LogP contribution in [0.1, 0.15) is 39.0 Å². The van der Waals surface area contributed by atoms with Gasteiger partial charge in [0.15, 0.2) is 0 Å². The van der Waals surface area contributed by atoms with Gasteiger partial charge in [0.05, 0.1) is 6.33 Å². The third-order valence-corrected chi connectivity index (χ3v) is 2.35. The lowest BCUT2D eigenvalue weighted by Crippen LogP contribution is -1.94. The summed E-state index contributed by atoms with van der Waals surface area (Å²) in [7, 11) is 0. The van der Waals surface area contributed by atoms with Gasteiger partial charge in [-0.25, -0.2) is 4.98 Å². The summed E-state index contributed by atoms with van der Waals surface area (Å²) < 4.78 is 2.07. The molecule has 3 heteroatoms. The highest BCUT2D eigenvalue weighted by Crippen LogP contribution is 1.98. The predicted octanol–water partition coefficient (Wildman–Crippen LogP) is 2.92. The number of aryl methyl sites for hydroxylation is 1. The zero-order chi connectivity index (χ0) is 10.8. The van der Waals surface area contributed by atoms with E-state index in [1.165, 1.54) is 25.7 Å². The minimum Gasteiger partial charge on any atom is -0.337 e. The number of hydrogen-bond donors (Lipinski definition) is 0. The number of aromatic nitrogens is 2. The molecule has 0 aliphatic carbocycles. The molecular weight excluding hydrogens is 186 g/mol. The fraction of sp³-hybridized carbons (Fsp3) is 0.667. The molecule has 3 nitrogen and oxygen atoms in total. The minimum atomic E-state index is 0.985. The molecule has 0 fully saturated rings. The van der Waals surface area contributed by atoms with Crippen LogP contribution in [-0.2, 0) is 6.54 Å². The number of imidazole rings is 1. The maximum atomic E-state index is 4.38. The second-order valence-electron chi connectivity index (χ2n) is 3.74. The Morgan fingerprint density at radius 2 is 2.27 bits per heavy atom. The Bertz CT molecular complexity index is 252. The summed E-state index contributed by atoms with van der Waals surface area (Å²) in [5, 5.41) is 0. The predicted molar refractivity (Wildman–Crippen MR) is 64.3 cm³/mol. The summed E-state index contributed by atoms with van der Waals surface area (Å²) in [6.07, 6.45) is 13.8. The fourth-order valence-corrected chi connectivity index (χ4v) is 1.44. The quantitative estimate of drug-likeness (QED) is 0.476. The molecule has 0 amide bonds. The summed E-state index contributed by atoms with van der Waals surface area (Å²) in [6, 6.07) is 0. The molecule has 1 aromatic rings. The molecule has 15 heavy (non-hydrogen) atoms. The van der Waals surface area contributed by atoms with E-state index in [0.29, 0.717) is 0 Å². The van der Waals surface area contributed by atoms with E-state index in [-0.39, 0.29) is 0 Å². The molecule has 0 unspecified atom stereocenters. The molecule has 1 aromatic heterocycles. The van der Waals surface area contributed by atoms with Gasteiger partial charge in [0.1, 0.15) is 0 Å². The average molecular weight is 207 g/mol. The third-order valence-electron chi connectivity index (χ3n) is 2.35. The number of aliphatic imine (C=N–C) groups is 1. The lowest BCUT2D eigenvalue weighted by Gasteiger charge is -1.97. The van der Waals surface area contributed by atoms with Gasteiger partial charge < -0.3 is 4.57 Å². The topological polar surface area (TPSA) is 30.2 Å². The van der Waals surface area contributed by atoms with Crippen LogP contribution in [0.4, 0.5) is 0 Å². The van der Waals surface area contributed by atoms with Gasteiger partial charge in [-0.15, -0.1) is 0 Å². The van der Waals surface area contributed by atoms with E-state index in [2.05, 4.69) is 21.5 Å². The maximum Gasteiger partial charge on any atom is 0.0946 e. The van der Waals surface area contributed by atoms with Crippen LogP contribution < -0.4 is 0 Å². The van der Waals surface area contributed by atoms with Gasteiger partial charge >= 0.3 is 0 Å². The molecule has 0 bridgehead atoms. The van der Waals surface area contributed by atoms with E-state index < -0.39 is 0 Å². The van der Waals surface area contributed by atoms with Gasteiger partial charge in [0.25, 0.3) is 0 Å². The van der Waals surface area contributed by atoms with E-state index in [1.54, 1.807) is 0 Å². The molecule has 0 aromatic carbocycles. The molecule has 0 aliphatic rings. The second-order valence-corrected chi connectivity index (χ2v) is 3.74. The lowest BCUT2D eigenvalue weighted by atomic mass is 10.2. The summed E-state index contributed by atoms with van der Waals surface area (Å²) >= 11 is 0. The highest BCUT2D eigenvalue weighted by molar-refractivity contribution is 5.56. The van der Waals surface area contributed by atoms with Crippen molar-refractivity contribution in [3.63, 3.8) is 0 Å². The largest absolute Gasteiger partial charge is 0.337 e. The first-order valence-corrected chi connectivity index (χ1v) is 5.87. The zero-order valence-electron chi connectivity index (χ0n) is 9.60. The minimum absolute atomic E-state index is 0.985. The SMILES string of the molecule is CCCCCCN=CCCn1ccnc1. The summed E-state index contributed by atoms with van der Waals surface area (Å²) in [4.78, 5) is 8.37. The van der Waals surface area contributed by atoms with Crippen LogP contribution in [0.25, 0.3) is 0 Å². The van der Waals surface area contributed by atoms with Gasteiger partial charge in [-0.1, -0.05) is 26.2 Å². The molecule has 1 heterocycles. The van der Waals surface area contributed by atoms with Crippen molar-refractivity contribution >= 4 is 6.21 Å². The number of nitrogens with zero attached hydrogens (tertiary/aromatic N) is 3. The van der Waals surface area contributed by atoms with Crippen molar-refractivity contribution in [2.24, 2.45) is 4.99 Å². The van der Waals surface area contributed by atoms with Crippen LogP contribution in [0, 0.1) is 0 Å². The maximum absolute atomic E-state index is 4.38. The van der Waals surface area contributed by atoms with E-state index in [1.807, 2.05) is 24.9 Å². The van der Waals surface area contributed by atoms with Crippen molar-refractivity contribution in [3.05, 3.63) is 18.7 Å². The van der Waals surface area contributed by atoms with Crippen molar-refractivity contribution in [2.45, 2.75) is 45.6 Å². The summed E-state index contributed by atoms with van der Waals surface area (Å²) in [5.41, 5.74) is 0. The second kappa shape index (κ2) is 8.21. The first-order chi connectivity index (χ1) is 7.43. The fourth-order valence-electron chi connectivity index (χ4n) is 1.44. The molecule has 0 spiro atoms. The lowest BCUT2D eigenvalue weighted by molar-refractivity contribution is 0.673. The normalized spacial score (nSPS) is 11.3. The van der Waals surface area contributed by atoms with E-state index >= 15 is 0 Å². The van der Waals surface area contributed by atoms with Crippen LogP contribution >= 0.6 is 0 Å². The van der Waals surface area contributed by atoms with Crippen molar-refractivity contribution in [1.29, 1.82) is 0 Å². The molecule has 0 N–H and O–H groups in total. The van der Waals surface area contributed by atoms with E-state index in [4.69, 9.17) is 0 Å². The first-order valence-electron chi connectivity index (χ1n) is 5.87. The van der Waals surface area contributed by atoms with Crippen molar-refractivity contribution < 1.29 is 0 Å². The van der Waals surface area contributed by atoms with E-state index in [0.717, 1.165) is 19.5 Å². The van der Waals surface area contributed by atoms with Crippen LogP contribution in [-0.4, -0.2) is 22.3 Å². The number of rotatable bonds is 8. The van der Waals surface area contributed by atoms with Gasteiger partial charge in [-0.05, 0) is 6.42 Å². The Morgan fingerprint density at radius 3 is 3.00 bits per heavy atom. The van der Waals surface area contributed by atoms with Crippen LogP contribution in [0.2, 0.25) is 0 Å². The molecule has 0 atom stereocenters. The highest BCUT2D eigenvalue weighted by Gasteiger charge is 1.87. The summed E-state index contributed by atoms with van der Waals surface area (Å²) in [6.45, 7) is 4.21. The third kappa shape index (κ3) is 6.05. The van der Waals surface area contributed by atoms with Crippen molar-refractivity contribution in [3.8, 4) is 0 Å². The molecule has 0 saturated carbocycles. The van der Waals surface area contributed by atoms with Crippen LogP contribution in [0.5, 0.6) is 0 Å². The van der Waals surface area contributed by atoms with Gasteiger partial charge in [-0.2, -0.15) is 0 Å².